The Balaban J connectivity index is 1.75. The molecule has 0 heterocycles. The second kappa shape index (κ2) is 3.32. The lowest BCUT2D eigenvalue weighted by atomic mass is 9.93. The summed E-state index contributed by atoms with van der Waals surface area (Å²) in [5, 5.41) is 8.98. The fourth-order valence-corrected chi connectivity index (χ4v) is 2.50. The Labute approximate surface area is 79.3 Å². The molecule has 2 aliphatic carbocycles. The first-order chi connectivity index (χ1) is 6.23. The zero-order valence-electron chi connectivity index (χ0n) is 8.09. The molecule has 0 aliphatic heterocycles. The Morgan fingerprint density at radius 1 is 1.31 bits per heavy atom. The van der Waals surface area contributed by atoms with E-state index in [0.717, 1.165) is 31.6 Å². The fourth-order valence-electron chi connectivity index (χ4n) is 2.50. The van der Waals surface area contributed by atoms with Crippen LogP contribution in [-0.4, -0.2) is 11.1 Å². The number of carboxylic acids is 1. The average molecular weight is 182 g/mol. The lowest BCUT2D eigenvalue weighted by Crippen LogP contribution is -2.15. The predicted octanol–water partition coefficient (Wildman–Crippen LogP) is 2.82. The Hall–Kier alpha value is -0.530. The molecule has 0 radical (unpaired) electrons. The van der Waals surface area contributed by atoms with Crippen LogP contribution < -0.4 is 0 Å². The molecule has 0 aromatic heterocycles. The summed E-state index contributed by atoms with van der Waals surface area (Å²) in [7, 11) is 0. The number of hydrogen-bond donors (Lipinski definition) is 1. The van der Waals surface area contributed by atoms with Crippen molar-refractivity contribution in [3.8, 4) is 0 Å². The maximum Gasteiger partial charge on any atom is 0.309 e. The maximum absolute atomic E-state index is 10.9. The van der Waals surface area contributed by atoms with Crippen molar-refractivity contribution in [2.45, 2.75) is 51.4 Å². The van der Waals surface area contributed by atoms with Crippen LogP contribution in [0.4, 0.5) is 0 Å². The van der Waals surface area contributed by atoms with Crippen LogP contribution in [0.15, 0.2) is 0 Å². The van der Waals surface area contributed by atoms with Crippen LogP contribution in [-0.2, 0) is 4.79 Å². The van der Waals surface area contributed by atoms with Crippen LogP contribution in [0.5, 0.6) is 0 Å². The fraction of sp³-hybridized carbons (Fsp3) is 0.909. The quantitative estimate of drug-likeness (QED) is 0.725. The topological polar surface area (TPSA) is 37.3 Å². The summed E-state index contributed by atoms with van der Waals surface area (Å²) in [5.74, 6) is 0.294. The minimum atomic E-state index is -0.550. The average Bonchev–Trinajstić information content (AvgIpc) is 2.73. The normalized spacial score (nSPS) is 26.2. The van der Waals surface area contributed by atoms with Crippen LogP contribution in [0.2, 0.25) is 0 Å². The molecule has 1 N–H and O–H groups in total. The number of aliphatic carboxylic acids is 1. The van der Waals surface area contributed by atoms with Gasteiger partial charge in [-0.05, 0) is 31.6 Å². The van der Waals surface area contributed by atoms with Crippen molar-refractivity contribution in [2.24, 2.45) is 11.3 Å². The van der Waals surface area contributed by atoms with E-state index in [2.05, 4.69) is 0 Å². The van der Waals surface area contributed by atoms with Gasteiger partial charge in [0.2, 0.25) is 0 Å². The molecule has 74 valence electrons. The Morgan fingerprint density at radius 2 is 1.92 bits per heavy atom. The first-order valence-electron chi connectivity index (χ1n) is 5.46. The van der Waals surface area contributed by atoms with E-state index in [1.165, 1.54) is 25.7 Å². The minimum absolute atomic E-state index is 0.275. The number of rotatable bonds is 4. The number of carbonyl (C=O) groups is 1. The van der Waals surface area contributed by atoms with Crippen molar-refractivity contribution < 1.29 is 9.90 Å². The van der Waals surface area contributed by atoms with Gasteiger partial charge in [-0.1, -0.05) is 25.7 Å². The molecule has 2 aliphatic rings. The van der Waals surface area contributed by atoms with Crippen LogP contribution in [0.3, 0.4) is 0 Å². The first kappa shape index (κ1) is 9.04. The standard InChI is InChI=1S/C11H18O2/c12-10(13)11(7-8-11)6-5-9-3-1-2-4-9/h9H,1-8H2,(H,12,13). The molecule has 2 saturated carbocycles. The van der Waals surface area contributed by atoms with E-state index in [9.17, 15) is 4.79 Å². The zero-order chi connectivity index (χ0) is 9.31. The third kappa shape index (κ3) is 1.87. The van der Waals surface area contributed by atoms with Gasteiger partial charge in [-0.25, -0.2) is 0 Å². The zero-order valence-corrected chi connectivity index (χ0v) is 8.09. The summed E-state index contributed by atoms with van der Waals surface area (Å²) in [6, 6.07) is 0. The molecular formula is C11H18O2. The first-order valence-corrected chi connectivity index (χ1v) is 5.46. The molecule has 0 aromatic rings. The lowest BCUT2D eigenvalue weighted by Gasteiger charge is -2.12. The van der Waals surface area contributed by atoms with Gasteiger partial charge >= 0.3 is 5.97 Å². The van der Waals surface area contributed by atoms with Gasteiger partial charge in [0.1, 0.15) is 0 Å². The van der Waals surface area contributed by atoms with E-state index < -0.39 is 5.97 Å². The van der Waals surface area contributed by atoms with Crippen molar-refractivity contribution in [1.82, 2.24) is 0 Å². The van der Waals surface area contributed by atoms with E-state index in [1.807, 2.05) is 0 Å². The summed E-state index contributed by atoms with van der Waals surface area (Å²) in [4.78, 5) is 10.9. The largest absolute Gasteiger partial charge is 0.481 e. The monoisotopic (exact) mass is 182 g/mol. The van der Waals surface area contributed by atoms with E-state index in [0.29, 0.717) is 0 Å². The third-order valence-corrected chi connectivity index (χ3v) is 3.81. The molecule has 0 unspecified atom stereocenters. The summed E-state index contributed by atoms with van der Waals surface area (Å²) < 4.78 is 0. The Morgan fingerprint density at radius 3 is 2.38 bits per heavy atom. The summed E-state index contributed by atoms with van der Waals surface area (Å²) in [5.41, 5.74) is -0.275. The van der Waals surface area contributed by atoms with Crippen molar-refractivity contribution in [2.75, 3.05) is 0 Å². The molecule has 0 saturated heterocycles. The van der Waals surface area contributed by atoms with Gasteiger partial charge in [0, 0.05) is 0 Å². The van der Waals surface area contributed by atoms with Crippen molar-refractivity contribution in [3.05, 3.63) is 0 Å². The summed E-state index contributed by atoms with van der Waals surface area (Å²) >= 11 is 0. The molecule has 0 amide bonds. The van der Waals surface area contributed by atoms with Gasteiger partial charge in [-0.3, -0.25) is 4.79 Å². The highest BCUT2D eigenvalue weighted by atomic mass is 16.4. The van der Waals surface area contributed by atoms with Crippen LogP contribution in [0.1, 0.15) is 51.4 Å². The summed E-state index contributed by atoms with van der Waals surface area (Å²) in [6.45, 7) is 0. The number of hydrogen-bond acceptors (Lipinski definition) is 1. The lowest BCUT2D eigenvalue weighted by molar-refractivity contribution is -0.143. The van der Waals surface area contributed by atoms with Crippen LogP contribution >= 0.6 is 0 Å². The van der Waals surface area contributed by atoms with E-state index in [1.54, 1.807) is 0 Å². The van der Waals surface area contributed by atoms with Crippen molar-refractivity contribution >= 4 is 5.97 Å². The van der Waals surface area contributed by atoms with Crippen molar-refractivity contribution in [1.29, 1.82) is 0 Å². The highest BCUT2D eigenvalue weighted by Crippen LogP contribution is 2.51. The molecule has 2 nitrogen and oxygen atoms in total. The predicted molar refractivity (Wildman–Crippen MR) is 50.5 cm³/mol. The molecule has 2 rings (SSSR count). The molecule has 0 aromatic carbocycles. The van der Waals surface area contributed by atoms with E-state index in [-0.39, 0.29) is 5.41 Å². The van der Waals surface area contributed by atoms with Gasteiger partial charge < -0.3 is 5.11 Å². The van der Waals surface area contributed by atoms with Gasteiger partial charge in [-0.15, -0.1) is 0 Å². The molecule has 0 bridgehead atoms. The molecule has 2 heteroatoms. The minimum Gasteiger partial charge on any atom is -0.481 e. The van der Waals surface area contributed by atoms with Crippen LogP contribution in [0.25, 0.3) is 0 Å². The summed E-state index contributed by atoms with van der Waals surface area (Å²) in [6.07, 6.45) is 9.37. The molecule has 0 atom stereocenters. The van der Waals surface area contributed by atoms with Gasteiger partial charge in [0.05, 0.1) is 5.41 Å². The molecule has 2 fully saturated rings. The van der Waals surface area contributed by atoms with Gasteiger partial charge in [0.15, 0.2) is 0 Å². The number of carboxylic acid groups (broad SMARTS) is 1. The smallest absolute Gasteiger partial charge is 0.309 e. The highest BCUT2D eigenvalue weighted by Gasteiger charge is 2.49. The van der Waals surface area contributed by atoms with Crippen molar-refractivity contribution in [3.63, 3.8) is 0 Å². The van der Waals surface area contributed by atoms with Crippen LogP contribution in [0, 0.1) is 11.3 Å². The Bertz CT molecular complexity index is 200. The van der Waals surface area contributed by atoms with E-state index in [4.69, 9.17) is 5.11 Å². The SMILES string of the molecule is O=C(O)C1(CCC2CCCC2)CC1. The third-order valence-electron chi connectivity index (χ3n) is 3.81. The second-order valence-electron chi connectivity index (χ2n) is 4.77. The molecule has 13 heavy (non-hydrogen) atoms. The maximum atomic E-state index is 10.9. The Kier molecular flexibility index (Phi) is 2.31. The van der Waals surface area contributed by atoms with Gasteiger partial charge in [0.25, 0.3) is 0 Å². The van der Waals surface area contributed by atoms with E-state index >= 15 is 0 Å². The van der Waals surface area contributed by atoms with Gasteiger partial charge in [-0.2, -0.15) is 0 Å². The second-order valence-corrected chi connectivity index (χ2v) is 4.77. The molecular weight excluding hydrogens is 164 g/mol. The highest BCUT2D eigenvalue weighted by molar-refractivity contribution is 5.77. The molecule has 0 spiro atoms.